The predicted molar refractivity (Wildman–Crippen MR) is 74.2 cm³/mol. The average Bonchev–Trinajstić information content (AvgIpc) is 2.95. The summed E-state index contributed by atoms with van der Waals surface area (Å²) in [5, 5.41) is 9.26. The zero-order valence-electron chi connectivity index (χ0n) is 11.5. The summed E-state index contributed by atoms with van der Waals surface area (Å²) in [5.41, 5.74) is 0.453. The molecular formula is C16H20N2O2. The highest BCUT2D eigenvalue weighted by atomic mass is 16.3. The smallest absolute Gasteiger partial charge is 0.272 e. The van der Waals surface area contributed by atoms with Crippen molar-refractivity contribution >= 4 is 5.91 Å². The third kappa shape index (κ3) is 1.81. The predicted octanol–water partition coefficient (Wildman–Crippen LogP) is 2.30. The summed E-state index contributed by atoms with van der Waals surface area (Å²) in [6, 6.07) is 3.15. The molecule has 106 valence electrons. The Labute approximate surface area is 118 Å². The summed E-state index contributed by atoms with van der Waals surface area (Å²) < 4.78 is 0. The second-order valence-electron chi connectivity index (χ2n) is 6.61. The van der Waals surface area contributed by atoms with Crippen molar-refractivity contribution in [3.63, 3.8) is 0 Å². The highest BCUT2D eigenvalue weighted by Gasteiger charge is 2.49. The van der Waals surface area contributed by atoms with Gasteiger partial charge in [0, 0.05) is 13.1 Å². The first-order chi connectivity index (χ1) is 9.72. The second-order valence-corrected chi connectivity index (χ2v) is 6.61. The molecule has 2 bridgehead atoms. The minimum atomic E-state index is 0.0267. The van der Waals surface area contributed by atoms with Crippen molar-refractivity contribution in [3.05, 3.63) is 24.0 Å². The summed E-state index contributed by atoms with van der Waals surface area (Å²) in [4.78, 5) is 18.6. The zero-order chi connectivity index (χ0) is 13.7. The van der Waals surface area contributed by atoms with Crippen molar-refractivity contribution < 1.29 is 9.90 Å². The number of aromatic hydroxyl groups is 1. The van der Waals surface area contributed by atoms with Crippen LogP contribution in [0.15, 0.2) is 18.3 Å². The highest BCUT2D eigenvalue weighted by molar-refractivity contribution is 5.92. The van der Waals surface area contributed by atoms with Crippen LogP contribution in [0.1, 0.15) is 36.2 Å². The second kappa shape index (κ2) is 4.47. The molecule has 4 nitrogen and oxygen atoms in total. The lowest BCUT2D eigenvalue weighted by molar-refractivity contribution is 0.0577. The minimum Gasteiger partial charge on any atom is -0.506 e. The van der Waals surface area contributed by atoms with Gasteiger partial charge in [0.1, 0.15) is 11.4 Å². The molecule has 1 saturated heterocycles. The van der Waals surface area contributed by atoms with Gasteiger partial charge in [-0.1, -0.05) is 0 Å². The Morgan fingerprint density at radius 3 is 2.20 bits per heavy atom. The number of amides is 1. The van der Waals surface area contributed by atoms with E-state index in [1.807, 2.05) is 4.90 Å². The van der Waals surface area contributed by atoms with Gasteiger partial charge in [-0.3, -0.25) is 4.79 Å². The first-order valence-corrected chi connectivity index (χ1v) is 7.66. The van der Waals surface area contributed by atoms with Crippen LogP contribution < -0.4 is 0 Å². The van der Waals surface area contributed by atoms with Gasteiger partial charge < -0.3 is 10.0 Å². The van der Waals surface area contributed by atoms with Crippen molar-refractivity contribution in [2.24, 2.45) is 23.7 Å². The molecular weight excluding hydrogens is 252 g/mol. The quantitative estimate of drug-likeness (QED) is 0.853. The van der Waals surface area contributed by atoms with Gasteiger partial charge in [0.2, 0.25) is 0 Å². The summed E-state index contributed by atoms with van der Waals surface area (Å²) in [5.74, 6) is 3.27. The van der Waals surface area contributed by atoms with Gasteiger partial charge in [-0.25, -0.2) is 4.98 Å². The molecule has 4 aliphatic rings. The number of pyridine rings is 1. The normalized spacial score (nSPS) is 35.1. The molecule has 1 aromatic rings. The first-order valence-electron chi connectivity index (χ1n) is 7.66. The fraction of sp³-hybridized carbons (Fsp3) is 0.625. The molecule has 1 N–H and O–H groups in total. The Bertz CT molecular complexity index is 500. The van der Waals surface area contributed by atoms with Crippen molar-refractivity contribution in [2.45, 2.75) is 25.7 Å². The van der Waals surface area contributed by atoms with E-state index >= 15 is 0 Å². The Kier molecular flexibility index (Phi) is 2.72. The Morgan fingerprint density at radius 2 is 1.70 bits per heavy atom. The van der Waals surface area contributed by atoms with E-state index in [4.69, 9.17) is 0 Å². The fourth-order valence-electron chi connectivity index (χ4n) is 4.69. The third-order valence-electron chi connectivity index (χ3n) is 5.69. The van der Waals surface area contributed by atoms with Gasteiger partial charge in [-0.15, -0.1) is 0 Å². The van der Waals surface area contributed by atoms with Crippen molar-refractivity contribution in [3.8, 4) is 5.75 Å². The van der Waals surface area contributed by atoms with Gasteiger partial charge in [-0.2, -0.15) is 0 Å². The molecule has 20 heavy (non-hydrogen) atoms. The molecule has 1 amide bonds. The van der Waals surface area contributed by atoms with Crippen molar-refractivity contribution in [1.29, 1.82) is 0 Å². The van der Waals surface area contributed by atoms with Crippen LogP contribution in [0.5, 0.6) is 5.75 Å². The van der Waals surface area contributed by atoms with Gasteiger partial charge in [0.25, 0.3) is 5.91 Å². The van der Waals surface area contributed by atoms with E-state index in [0.717, 1.165) is 36.8 Å². The van der Waals surface area contributed by atoms with Crippen LogP contribution in [-0.4, -0.2) is 34.0 Å². The van der Waals surface area contributed by atoms with Crippen LogP contribution in [0.3, 0.4) is 0 Å². The minimum absolute atomic E-state index is 0.0267. The van der Waals surface area contributed by atoms with Gasteiger partial charge >= 0.3 is 0 Å². The molecule has 0 radical (unpaired) electrons. The standard InChI is InChI=1S/C16H20N2O2/c19-12-5-6-15(17-7-12)16(20)18-8-13-10-1-2-11(4-3-10)14(13)9-18/h5-7,10-11,13-14,19H,1-4,8-9H2/t10?,11?,13-,14+. The number of aromatic nitrogens is 1. The van der Waals surface area contributed by atoms with Crippen LogP contribution in [0.25, 0.3) is 0 Å². The maximum atomic E-state index is 12.5. The van der Waals surface area contributed by atoms with Crippen LogP contribution in [0.2, 0.25) is 0 Å². The Balaban J connectivity index is 1.53. The van der Waals surface area contributed by atoms with Crippen LogP contribution in [-0.2, 0) is 0 Å². The number of carbonyl (C=O) groups is 1. The summed E-state index contributed by atoms with van der Waals surface area (Å²) in [6.45, 7) is 1.82. The maximum Gasteiger partial charge on any atom is 0.272 e. The van der Waals surface area contributed by atoms with Crippen LogP contribution in [0, 0.1) is 23.7 Å². The topological polar surface area (TPSA) is 53.4 Å². The van der Waals surface area contributed by atoms with E-state index in [1.54, 1.807) is 6.07 Å². The number of nitrogens with zero attached hydrogens (tertiary/aromatic N) is 2. The van der Waals surface area contributed by atoms with E-state index in [2.05, 4.69) is 4.98 Å². The lowest BCUT2D eigenvalue weighted by Crippen LogP contribution is -2.38. The molecule has 0 aromatic carbocycles. The molecule has 4 heteroatoms. The summed E-state index contributed by atoms with van der Waals surface area (Å²) >= 11 is 0. The fourth-order valence-corrected chi connectivity index (χ4v) is 4.69. The molecule has 2 atom stereocenters. The lowest BCUT2D eigenvalue weighted by Gasteiger charge is -2.44. The Morgan fingerprint density at radius 1 is 1.10 bits per heavy atom. The molecule has 5 rings (SSSR count). The number of likely N-dealkylation sites (tertiary alicyclic amines) is 1. The van der Waals surface area contributed by atoms with Crippen molar-refractivity contribution in [2.75, 3.05) is 13.1 Å². The van der Waals surface area contributed by atoms with E-state index in [0.29, 0.717) is 5.69 Å². The highest BCUT2D eigenvalue weighted by Crippen LogP contribution is 2.51. The number of carbonyl (C=O) groups excluding carboxylic acids is 1. The molecule has 0 spiro atoms. The first kappa shape index (κ1) is 12.2. The molecule has 2 heterocycles. The SMILES string of the molecule is O=C(c1ccc(O)cn1)N1C[C@@H]2C3CCC(CC3)[C@@H]2C1. The maximum absolute atomic E-state index is 12.5. The average molecular weight is 272 g/mol. The summed E-state index contributed by atoms with van der Waals surface area (Å²) in [6.07, 6.45) is 6.81. The Hall–Kier alpha value is -1.58. The van der Waals surface area contributed by atoms with E-state index in [-0.39, 0.29) is 11.7 Å². The van der Waals surface area contributed by atoms with E-state index in [9.17, 15) is 9.90 Å². The van der Waals surface area contributed by atoms with Crippen molar-refractivity contribution in [1.82, 2.24) is 9.88 Å². The lowest BCUT2D eigenvalue weighted by atomic mass is 9.60. The third-order valence-corrected chi connectivity index (χ3v) is 5.69. The monoisotopic (exact) mass is 272 g/mol. The van der Waals surface area contributed by atoms with Gasteiger partial charge in [0.05, 0.1) is 6.20 Å². The molecule has 1 aromatic heterocycles. The number of hydrogen-bond acceptors (Lipinski definition) is 3. The van der Waals surface area contributed by atoms with E-state index in [1.165, 1.54) is 37.9 Å². The van der Waals surface area contributed by atoms with Crippen LogP contribution >= 0.6 is 0 Å². The number of fused-ring (bicyclic) bond motifs is 2. The number of hydrogen-bond donors (Lipinski definition) is 1. The van der Waals surface area contributed by atoms with Gasteiger partial charge in [0.15, 0.2) is 0 Å². The zero-order valence-corrected chi connectivity index (χ0v) is 11.5. The largest absolute Gasteiger partial charge is 0.506 e. The molecule has 1 aliphatic heterocycles. The molecule has 3 saturated carbocycles. The molecule has 3 aliphatic carbocycles. The molecule has 0 unspecified atom stereocenters. The molecule has 4 fully saturated rings. The summed E-state index contributed by atoms with van der Waals surface area (Å²) in [7, 11) is 0. The number of rotatable bonds is 1. The van der Waals surface area contributed by atoms with Crippen LogP contribution in [0.4, 0.5) is 0 Å². The van der Waals surface area contributed by atoms with E-state index < -0.39 is 0 Å². The van der Waals surface area contributed by atoms with Gasteiger partial charge in [-0.05, 0) is 61.5 Å².